The first-order chi connectivity index (χ1) is 5.86. The van der Waals surface area contributed by atoms with E-state index in [0.717, 1.165) is 0 Å². The van der Waals surface area contributed by atoms with Crippen molar-refractivity contribution in [1.82, 2.24) is 5.32 Å². The minimum atomic E-state index is -1.74. The molecule has 0 saturated heterocycles. The Bertz CT molecular complexity index is 204. The summed E-state index contributed by atoms with van der Waals surface area (Å²) in [5.74, 6) is -1.27. The Kier molecular flexibility index (Phi) is 4.15. The minimum Gasteiger partial charge on any atom is -0.479 e. The smallest absolute Gasteiger partial charge is 0.338 e. The van der Waals surface area contributed by atoms with Gasteiger partial charge in [-0.15, -0.1) is 0 Å². The molecule has 0 atom stereocenters. The Balaban J connectivity index is 3.64. The Hall–Kier alpha value is -1.34. The zero-order valence-corrected chi connectivity index (χ0v) is 7.12. The monoisotopic (exact) mass is 190 g/mol. The van der Waals surface area contributed by atoms with Crippen LogP contribution >= 0.6 is 0 Å². The van der Waals surface area contributed by atoms with Gasteiger partial charge in [-0.05, 0) is 12.8 Å². The van der Waals surface area contributed by atoms with Gasteiger partial charge in [0.1, 0.15) is 0 Å². The average molecular weight is 190 g/mol. The Morgan fingerprint density at radius 2 is 1.92 bits per heavy atom. The zero-order valence-electron chi connectivity index (χ0n) is 7.12. The number of primary amides is 1. The number of hydrogen-bond donors (Lipinski definition) is 5. The molecule has 13 heavy (non-hydrogen) atoms. The van der Waals surface area contributed by atoms with Gasteiger partial charge in [-0.2, -0.15) is 0 Å². The number of nitrogens with two attached hydrogens (primary N) is 3. The lowest BCUT2D eigenvalue weighted by Crippen LogP contribution is -2.56. The number of carbonyl (C=O) groups excluding carboxylic acids is 1. The van der Waals surface area contributed by atoms with Crippen molar-refractivity contribution in [3.8, 4) is 0 Å². The van der Waals surface area contributed by atoms with Crippen molar-refractivity contribution in [2.24, 2.45) is 17.2 Å². The summed E-state index contributed by atoms with van der Waals surface area (Å²) in [6.07, 6.45) is 0.435. The number of urea groups is 1. The third-order valence-corrected chi connectivity index (χ3v) is 1.46. The summed E-state index contributed by atoms with van der Waals surface area (Å²) < 4.78 is 0. The highest BCUT2D eigenvalue weighted by Gasteiger charge is 2.27. The largest absolute Gasteiger partial charge is 0.479 e. The maximum atomic E-state index is 10.4. The summed E-state index contributed by atoms with van der Waals surface area (Å²) in [5.41, 5.74) is 13.5. The average Bonchev–Trinajstić information content (AvgIpc) is 1.97. The van der Waals surface area contributed by atoms with Crippen LogP contribution in [0.25, 0.3) is 0 Å². The molecule has 0 aliphatic heterocycles. The molecule has 0 spiro atoms. The van der Waals surface area contributed by atoms with Crippen molar-refractivity contribution >= 4 is 12.0 Å². The van der Waals surface area contributed by atoms with E-state index in [1.165, 1.54) is 0 Å². The second-order valence-electron chi connectivity index (χ2n) is 2.74. The van der Waals surface area contributed by atoms with E-state index in [1.54, 1.807) is 0 Å². The second-order valence-corrected chi connectivity index (χ2v) is 2.74. The van der Waals surface area contributed by atoms with Crippen molar-refractivity contribution in [2.45, 2.75) is 18.5 Å². The molecule has 8 N–H and O–H groups in total. The number of nitrogens with one attached hydrogen (secondary N) is 1. The Morgan fingerprint density at radius 3 is 2.31 bits per heavy atom. The van der Waals surface area contributed by atoms with Gasteiger partial charge in [0.15, 0.2) is 5.66 Å². The van der Waals surface area contributed by atoms with Crippen LogP contribution in [0.4, 0.5) is 4.79 Å². The maximum Gasteiger partial charge on any atom is 0.338 e. The van der Waals surface area contributed by atoms with Gasteiger partial charge >= 0.3 is 12.0 Å². The van der Waals surface area contributed by atoms with Crippen LogP contribution in [0.15, 0.2) is 0 Å². The normalized spacial score (nSPS) is 10.9. The molecular formula is C6H14N4O3. The second kappa shape index (κ2) is 4.63. The summed E-state index contributed by atoms with van der Waals surface area (Å²) in [5, 5.41) is 10.8. The van der Waals surface area contributed by atoms with Gasteiger partial charge in [-0.1, -0.05) is 0 Å². The van der Waals surface area contributed by atoms with Crippen LogP contribution in [-0.4, -0.2) is 29.3 Å². The molecule has 0 heterocycles. The van der Waals surface area contributed by atoms with Gasteiger partial charge in [0, 0.05) is 6.54 Å². The number of carboxylic acid groups (broad SMARTS) is 1. The lowest BCUT2D eigenvalue weighted by atomic mass is 10.1. The molecule has 0 aromatic carbocycles. The molecule has 2 amide bonds. The van der Waals surface area contributed by atoms with Gasteiger partial charge in [-0.3, -0.25) is 0 Å². The zero-order chi connectivity index (χ0) is 10.5. The third-order valence-electron chi connectivity index (χ3n) is 1.46. The maximum absolute atomic E-state index is 10.4. The molecule has 7 heteroatoms. The fourth-order valence-electron chi connectivity index (χ4n) is 0.699. The molecule has 0 radical (unpaired) electrons. The fourth-order valence-corrected chi connectivity index (χ4v) is 0.699. The summed E-state index contributed by atoms with van der Waals surface area (Å²) in [6, 6.07) is -0.657. The molecule has 76 valence electrons. The SMILES string of the molecule is NC(=O)NCCCC(N)(N)C(=O)O. The summed E-state index contributed by atoms with van der Waals surface area (Å²) >= 11 is 0. The molecule has 0 fully saturated rings. The van der Waals surface area contributed by atoms with E-state index in [1.807, 2.05) is 0 Å². The van der Waals surface area contributed by atoms with E-state index >= 15 is 0 Å². The highest BCUT2D eigenvalue weighted by atomic mass is 16.4. The van der Waals surface area contributed by atoms with Gasteiger partial charge in [0.2, 0.25) is 0 Å². The van der Waals surface area contributed by atoms with Crippen LogP contribution in [0, 0.1) is 0 Å². The van der Waals surface area contributed by atoms with E-state index in [0.29, 0.717) is 6.42 Å². The number of hydrogen-bond acceptors (Lipinski definition) is 4. The van der Waals surface area contributed by atoms with Gasteiger partial charge in [-0.25, -0.2) is 9.59 Å². The number of carbonyl (C=O) groups is 2. The molecule has 7 nitrogen and oxygen atoms in total. The summed E-state index contributed by atoms with van der Waals surface area (Å²) in [4.78, 5) is 20.6. The quantitative estimate of drug-likeness (QED) is 0.255. The molecule has 0 saturated carbocycles. The Morgan fingerprint density at radius 1 is 1.38 bits per heavy atom. The van der Waals surface area contributed by atoms with Crippen molar-refractivity contribution in [3.63, 3.8) is 0 Å². The molecule has 0 rings (SSSR count). The number of rotatable bonds is 5. The van der Waals surface area contributed by atoms with Crippen molar-refractivity contribution in [3.05, 3.63) is 0 Å². The first-order valence-corrected chi connectivity index (χ1v) is 3.70. The predicted molar refractivity (Wildman–Crippen MR) is 45.6 cm³/mol. The van der Waals surface area contributed by atoms with Crippen LogP contribution in [0.1, 0.15) is 12.8 Å². The minimum absolute atomic E-state index is 0.0720. The van der Waals surface area contributed by atoms with Crippen molar-refractivity contribution < 1.29 is 14.7 Å². The van der Waals surface area contributed by atoms with E-state index in [4.69, 9.17) is 22.3 Å². The van der Waals surface area contributed by atoms with E-state index < -0.39 is 17.7 Å². The summed E-state index contributed by atoms with van der Waals surface area (Å²) in [7, 11) is 0. The number of carboxylic acids is 1. The molecule has 0 aromatic heterocycles. The highest BCUT2D eigenvalue weighted by Crippen LogP contribution is 2.01. The lowest BCUT2D eigenvalue weighted by Gasteiger charge is -2.18. The molecule has 0 aliphatic rings. The van der Waals surface area contributed by atoms with Crippen LogP contribution in [0.2, 0.25) is 0 Å². The first-order valence-electron chi connectivity index (χ1n) is 3.70. The van der Waals surface area contributed by atoms with E-state index in [9.17, 15) is 9.59 Å². The number of amides is 2. The predicted octanol–water partition coefficient (Wildman–Crippen LogP) is -1.87. The molecule has 0 unspecified atom stereocenters. The van der Waals surface area contributed by atoms with Gasteiger partial charge < -0.3 is 27.6 Å². The molecule has 0 aromatic rings. The van der Waals surface area contributed by atoms with Crippen LogP contribution < -0.4 is 22.5 Å². The Labute approximate surface area is 75.3 Å². The van der Waals surface area contributed by atoms with Crippen LogP contribution in [0.3, 0.4) is 0 Å². The standard InChI is InChI=1S/C6H14N4O3/c7-5(13)10-3-1-2-6(8,9)4(11)12/h1-3,8-9H2,(H,11,12)(H3,7,10,13). The van der Waals surface area contributed by atoms with E-state index in [2.05, 4.69) is 5.32 Å². The van der Waals surface area contributed by atoms with E-state index in [-0.39, 0.29) is 13.0 Å². The van der Waals surface area contributed by atoms with Gasteiger partial charge in [0.05, 0.1) is 0 Å². The number of aliphatic carboxylic acids is 1. The third kappa shape index (κ3) is 4.99. The van der Waals surface area contributed by atoms with Crippen LogP contribution in [0.5, 0.6) is 0 Å². The van der Waals surface area contributed by atoms with Gasteiger partial charge in [0.25, 0.3) is 0 Å². The lowest BCUT2D eigenvalue weighted by molar-refractivity contribution is -0.143. The first kappa shape index (κ1) is 11.7. The van der Waals surface area contributed by atoms with Crippen molar-refractivity contribution in [2.75, 3.05) is 6.54 Å². The molecule has 0 aliphatic carbocycles. The topological polar surface area (TPSA) is 144 Å². The molecular weight excluding hydrogens is 176 g/mol. The highest BCUT2D eigenvalue weighted by molar-refractivity contribution is 5.77. The van der Waals surface area contributed by atoms with Crippen molar-refractivity contribution in [1.29, 1.82) is 0 Å². The fraction of sp³-hybridized carbons (Fsp3) is 0.667. The van der Waals surface area contributed by atoms with Crippen LogP contribution in [-0.2, 0) is 4.79 Å². The molecule has 0 bridgehead atoms. The summed E-state index contributed by atoms with van der Waals surface area (Å²) in [6.45, 7) is 0.263.